The fourth-order valence-corrected chi connectivity index (χ4v) is 6.31. The second kappa shape index (κ2) is 7.20. The fraction of sp³-hybridized carbons (Fsp3) is 0.727. The minimum atomic E-state index is -1.92. The van der Waals surface area contributed by atoms with Crippen molar-refractivity contribution in [2.45, 2.75) is 96.9 Å². The number of hydrogen-bond donors (Lipinski definition) is 0. The first-order valence-corrected chi connectivity index (χ1v) is 14.2. The van der Waals surface area contributed by atoms with Crippen LogP contribution in [-0.2, 0) is 10.8 Å². The first kappa shape index (κ1) is 21.4. The average molecular weight is 500 g/mol. The molecule has 1 unspecified atom stereocenters. The molecule has 0 amide bonds. The van der Waals surface area contributed by atoms with Crippen LogP contribution in [0.25, 0.3) is 0 Å². The molecule has 0 radical (unpaired) electrons. The third-order valence-corrected chi connectivity index (χ3v) is 12.5. The Morgan fingerprint density at radius 3 is 2.37 bits per heavy atom. The lowest BCUT2D eigenvalue weighted by molar-refractivity contribution is 0.104. The van der Waals surface area contributed by atoms with E-state index in [1.807, 2.05) is 0 Å². The summed E-state index contributed by atoms with van der Waals surface area (Å²) in [7, 11) is -1.92. The van der Waals surface area contributed by atoms with E-state index in [2.05, 4.69) is 70.3 Å². The van der Waals surface area contributed by atoms with Gasteiger partial charge in [0.05, 0.1) is 11.8 Å². The van der Waals surface area contributed by atoms with E-state index in [9.17, 15) is 4.79 Å². The summed E-state index contributed by atoms with van der Waals surface area (Å²) < 4.78 is 8.00. The molecule has 27 heavy (non-hydrogen) atoms. The lowest BCUT2D eigenvalue weighted by Crippen LogP contribution is -2.44. The Kier molecular flexibility index (Phi) is 5.72. The van der Waals surface area contributed by atoms with Gasteiger partial charge in [0.1, 0.15) is 0 Å². The van der Waals surface area contributed by atoms with Crippen molar-refractivity contribution < 1.29 is 9.22 Å². The van der Waals surface area contributed by atoms with Crippen LogP contribution >= 0.6 is 22.6 Å². The predicted octanol–water partition coefficient (Wildman–Crippen LogP) is 6.80. The molecule has 0 saturated heterocycles. The maximum Gasteiger partial charge on any atom is 0.192 e. The molecule has 1 saturated carbocycles. The number of aromatic nitrogens is 1. The molecule has 0 N–H and O–H groups in total. The average Bonchev–Trinajstić information content (AvgIpc) is 2.42. The van der Waals surface area contributed by atoms with Gasteiger partial charge in [0, 0.05) is 26.3 Å². The zero-order chi connectivity index (χ0) is 20.2. The Balaban J connectivity index is 2.10. The molecular weight excluding hydrogens is 465 g/mol. The standard InChI is InChI=1S/C22H34INO2Si/c1-21(2,3)27(6,7)26-17-12-22(4,5)11-16-18(17)19(23)15(13-25)20(24-16)14-9-8-10-14/h13-14,17H,8-12H2,1-7H3. The van der Waals surface area contributed by atoms with Crippen molar-refractivity contribution in [1.29, 1.82) is 0 Å². The van der Waals surface area contributed by atoms with E-state index in [1.165, 1.54) is 17.7 Å². The van der Waals surface area contributed by atoms with E-state index in [0.29, 0.717) is 5.92 Å². The Bertz CT molecular complexity index is 748. The molecule has 3 rings (SSSR count). The summed E-state index contributed by atoms with van der Waals surface area (Å²) in [5.74, 6) is 0.466. The second-order valence-electron chi connectivity index (χ2n) is 10.7. The molecule has 1 aromatic rings. The molecule has 2 aliphatic rings. The van der Waals surface area contributed by atoms with Crippen molar-refractivity contribution in [3.8, 4) is 0 Å². The SMILES string of the molecule is CC1(C)Cc2nc(C3CCC3)c(C=O)c(I)c2C(O[Si](C)(C)C(C)(C)C)C1. The van der Waals surface area contributed by atoms with Gasteiger partial charge in [-0.05, 0) is 71.8 Å². The van der Waals surface area contributed by atoms with Gasteiger partial charge in [-0.25, -0.2) is 0 Å². The highest BCUT2D eigenvalue weighted by Gasteiger charge is 2.44. The third kappa shape index (κ3) is 4.06. The highest BCUT2D eigenvalue weighted by atomic mass is 127. The van der Waals surface area contributed by atoms with E-state index in [0.717, 1.165) is 46.8 Å². The van der Waals surface area contributed by atoms with Gasteiger partial charge in [-0.15, -0.1) is 0 Å². The van der Waals surface area contributed by atoms with Gasteiger partial charge in [0.25, 0.3) is 0 Å². The maximum absolute atomic E-state index is 12.0. The summed E-state index contributed by atoms with van der Waals surface area (Å²) in [6.07, 6.45) is 6.61. The van der Waals surface area contributed by atoms with Gasteiger partial charge in [-0.1, -0.05) is 41.0 Å². The highest BCUT2D eigenvalue weighted by molar-refractivity contribution is 14.1. The fourth-order valence-electron chi connectivity index (χ4n) is 3.98. The molecule has 1 fully saturated rings. The smallest absolute Gasteiger partial charge is 0.192 e. The van der Waals surface area contributed by atoms with Crippen LogP contribution in [0.4, 0.5) is 0 Å². The molecule has 1 heterocycles. The molecule has 5 heteroatoms. The minimum Gasteiger partial charge on any atom is -0.410 e. The van der Waals surface area contributed by atoms with Crippen molar-refractivity contribution in [3.05, 3.63) is 26.1 Å². The van der Waals surface area contributed by atoms with Crippen LogP contribution in [0, 0.1) is 8.99 Å². The molecule has 2 aliphatic carbocycles. The Hall–Kier alpha value is -0.273. The van der Waals surface area contributed by atoms with Crippen LogP contribution in [-0.4, -0.2) is 19.6 Å². The number of carbonyl (C=O) groups excluding carboxylic acids is 1. The first-order chi connectivity index (χ1) is 12.4. The van der Waals surface area contributed by atoms with Crippen LogP contribution < -0.4 is 0 Å². The van der Waals surface area contributed by atoms with E-state index >= 15 is 0 Å². The van der Waals surface area contributed by atoms with E-state index in [4.69, 9.17) is 9.41 Å². The Labute approximate surface area is 179 Å². The lowest BCUT2D eigenvalue weighted by Gasteiger charge is -2.44. The largest absolute Gasteiger partial charge is 0.410 e. The summed E-state index contributed by atoms with van der Waals surface area (Å²) in [6, 6.07) is 0. The van der Waals surface area contributed by atoms with Crippen molar-refractivity contribution in [3.63, 3.8) is 0 Å². The number of pyridine rings is 1. The highest BCUT2D eigenvalue weighted by Crippen LogP contribution is 2.49. The van der Waals surface area contributed by atoms with Crippen molar-refractivity contribution in [2.24, 2.45) is 5.41 Å². The van der Waals surface area contributed by atoms with Crippen LogP contribution in [0.3, 0.4) is 0 Å². The second-order valence-corrected chi connectivity index (χ2v) is 16.6. The van der Waals surface area contributed by atoms with Crippen LogP contribution in [0.5, 0.6) is 0 Å². The summed E-state index contributed by atoms with van der Waals surface area (Å²) in [5, 5.41) is 0.160. The van der Waals surface area contributed by atoms with Gasteiger partial charge in [0.15, 0.2) is 14.6 Å². The Morgan fingerprint density at radius 2 is 1.89 bits per heavy atom. The number of nitrogens with zero attached hydrogens (tertiary/aromatic N) is 1. The maximum atomic E-state index is 12.0. The topological polar surface area (TPSA) is 39.2 Å². The number of fused-ring (bicyclic) bond motifs is 1. The summed E-state index contributed by atoms with van der Waals surface area (Å²) in [4.78, 5) is 17.1. The molecule has 0 aliphatic heterocycles. The van der Waals surface area contributed by atoms with Crippen molar-refractivity contribution >= 4 is 37.2 Å². The third-order valence-electron chi connectivity index (χ3n) is 6.87. The van der Waals surface area contributed by atoms with Crippen molar-refractivity contribution in [2.75, 3.05) is 0 Å². The van der Waals surface area contributed by atoms with E-state index in [1.54, 1.807) is 0 Å². The molecular formula is C22H34INO2Si. The quantitative estimate of drug-likeness (QED) is 0.260. The molecule has 0 spiro atoms. The van der Waals surface area contributed by atoms with Gasteiger partial charge in [0.2, 0.25) is 0 Å². The summed E-state index contributed by atoms with van der Waals surface area (Å²) in [5.41, 5.74) is 4.40. The van der Waals surface area contributed by atoms with E-state index < -0.39 is 8.32 Å². The predicted molar refractivity (Wildman–Crippen MR) is 122 cm³/mol. The zero-order valence-electron chi connectivity index (χ0n) is 17.9. The Morgan fingerprint density at radius 1 is 1.26 bits per heavy atom. The van der Waals surface area contributed by atoms with Crippen LogP contribution in [0.2, 0.25) is 18.1 Å². The molecule has 0 aromatic carbocycles. The van der Waals surface area contributed by atoms with Crippen LogP contribution in [0.15, 0.2) is 0 Å². The molecule has 150 valence electrons. The van der Waals surface area contributed by atoms with Gasteiger partial charge in [-0.3, -0.25) is 9.78 Å². The van der Waals surface area contributed by atoms with Crippen LogP contribution in [0.1, 0.15) is 99.6 Å². The molecule has 0 bridgehead atoms. The number of halogens is 1. The monoisotopic (exact) mass is 499 g/mol. The number of hydrogen-bond acceptors (Lipinski definition) is 3. The first-order valence-electron chi connectivity index (χ1n) is 10.2. The van der Waals surface area contributed by atoms with E-state index in [-0.39, 0.29) is 16.6 Å². The molecule has 1 atom stereocenters. The zero-order valence-corrected chi connectivity index (χ0v) is 21.1. The lowest BCUT2D eigenvalue weighted by atomic mass is 9.73. The van der Waals surface area contributed by atoms with Gasteiger partial charge < -0.3 is 4.43 Å². The van der Waals surface area contributed by atoms with Crippen molar-refractivity contribution in [1.82, 2.24) is 4.98 Å². The number of carbonyl (C=O) groups is 1. The van der Waals surface area contributed by atoms with Gasteiger partial charge >= 0.3 is 0 Å². The van der Waals surface area contributed by atoms with Gasteiger partial charge in [-0.2, -0.15) is 0 Å². The normalized spacial score (nSPS) is 22.9. The number of rotatable bonds is 4. The molecule has 1 aromatic heterocycles. The number of aldehydes is 1. The minimum absolute atomic E-state index is 0.0400. The summed E-state index contributed by atoms with van der Waals surface area (Å²) >= 11 is 2.39. The molecule has 3 nitrogen and oxygen atoms in total. The summed E-state index contributed by atoms with van der Waals surface area (Å²) in [6.45, 7) is 16.1.